The molecule has 0 amide bonds. The molecule has 1 unspecified atom stereocenters. The van der Waals surface area contributed by atoms with Gasteiger partial charge in [-0.25, -0.2) is 12.7 Å². The molecule has 0 aliphatic heterocycles. The average Bonchev–Trinajstić information content (AvgIpc) is 2.56. The van der Waals surface area contributed by atoms with Gasteiger partial charge >= 0.3 is 0 Å². The molecule has 23 heavy (non-hydrogen) atoms. The van der Waals surface area contributed by atoms with Crippen molar-refractivity contribution in [2.45, 2.75) is 24.3 Å². The summed E-state index contributed by atoms with van der Waals surface area (Å²) >= 11 is 0. The molecule has 2 aromatic carbocycles. The van der Waals surface area contributed by atoms with Gasteiger partial charge in [-0.3, -0.25) is 0 Å². The van der Waals surface area contributed by atoms with Crippen LogP contribution in [0.5, 0.6) is 0 Å². The minimum absolute atomic E-state index is 0.323. The van der Waals surface area contributed by atoms with Crippen LogP contribution in [-0.2, 0) is 16.6 Å². The van der Waals surface area contributed by atoms with Crippen molar-refractivity contribution in [2.75, 3.05) is 20.6 Å². The molecule has 0 saturated heterocycles. The van der Waals surface area contributed by atoms with Crippen LogP contribution >= 0.6 is 0 Å². The molecule has 1 atom stereocenters. The van der Waals surface area contributed by atoms with E-state index in [1.807, 2.05) is 18.2 Å². The van der Waals surface area contributed by atoms with E-state index >= 15 is 0 Å². The highest BCUT2D eigenvalue weighted by molar-refractivity contribution is 7.89. The Labute approximate surface area is 139 Å². The number of nitrogens with one attached hydrogen (secondary N) is 1. The lowest BCUT2D eigenvalue weighted by Crippen LogP contribution is -2.22. The topological polar surface area (TPSA) is 49.4 Å². The van der Waals surface area contributed by atoms with Gasteiger partial charge in [0.1, 0.15) is 0 Å². The van der Waals surface area contributed by atoms with Gasteiger partial charge in [0, 0.05) is 27.2 Å². The van der Waals surface area contributed by atoms with E-state index in [-0.39, 0.29) is 0 Å². The van der Waals surface area contributed by atoms with E-state index in [9.17, 15) is 8.42 Å². The molecule has 1 N–H and O–H groups in total. The second kappa shape index (κ2) is 7.73. The zero-order valence-electron chi connectivity index (χ0n) is 13.9. The highest BCUT2D eigenvalue weighted by Gasteiger charge is 2.16. The van der Waals surface area contributed by atoms with Crippen LogP contribution < -0.4 is 5.32 Å². The molecule has 0 radical (unpaired) electrons. The van der Waals surface area contributed by atoms with Crippen molar-refractivity contribution in [1.29, 1.82) is 0 Å². The minimum atomic E-state index is -3.35. The van der Waals surface area contributed by atoms with E-state index in [1.165, 1.54) is 24.0 Å². The predicted octanol–water partition coefficient (Wildman–Crippen LogP) is 2.83. The second-order valence-electron chi connectivity index (χ2n) is 5.87. The summed E-state index contributed by atoms with van der Waals surface area (Å²) in [5.41, 5.74) is 2.38. The maximum Gasteiger partial charge on any atom is 0.242 e. The number of rotatable bonds is 7. The van der Waals surface area contributed by atoms with Gasteiger partial charge in [-0.2, -0.15) is 0 Å². The fraction of sp³-hybridized carbons (Fsp3) is 0.333. The first-order chi connectivity index (χ1) is 10.9. The standard InChI is InChI=1S/C18H24N2O2S/c1-15(17-7-5-4-6-8-17)13-19-14-16-9-11-18(12-10-16)23(21,22)20(2)3/h4-12,15,19H,13-14H2,1-3H3. The van der Waals surface area contributed by atoms with Crippen LogP contribution in [0.15, 0.2) is 59.5 Å². The third-order valence-electron chi connectivity index (χ3n) is 3.85. The number of benzene rings is 2. The van der Waals surface area contributed by atoms with Gasteiger partial charge in [0.25, 0.3) is 0 Å². The van der Waals surface area contributed by atoms with Crippen LogP contribution in [0, 0.1) is 0 Å². The Balaban J connectivity index is 1.90. The van der Waals surface area contributed by atoms with Gasteiger partial charge in [0.15, 0.2) is 0 Å². The first kappa shape index (κ1) is 17.7. The van der Waals surface area contributed by atoms with Crippen LogP contribution in [0.25, 0.3) is 0 Å². The third kappa shape index (κ3) is 4.64. The number of hydrogen-bond acceptors (Lipinski definition) is 3. The lowest BCUT2D eigenvalue weighted by Gasteiger charge is -2.14. The quantitative estimate of drug-likeness (QED) is 0.848. The van der Waals surface area contributed by atoms with Crippen molar-refractivity contribution >= 4 is 10.0 Å². The zero-order valence-corrected chi connectivity index (χ0v) is 14.7. The Bertz CT molecular complexity index is 710. The van der Waals surface area contributed by atoms with E-state index in [1.54, 1.807) is 12.1 Å². The summed E-state index contributed by atoms with van der Waals surface area (Å²) in [6.45, 7) is 3.79. The van der Waals surface area contributed by atoms with Crippen molar-refractivity contribution in [3.05, 3.63) is 65.7 Å². The maximum atomic E-state index is 12.0. The van der Waals surface area contributed by atoms with Crippen molar-refractivity contribution in [3.63, 3.8) is 0 Å². The van der Waals surface area contributed by atoms with Gasteiger partial charge in [-0.1, -0.05) is 49.4 Å². The summed E-state index contributed by atoms with van der Waals surface area (Å²) in [5.74, 6) is 0.435. The Morgan fingerprint density at radius 1 is 1.00 bits per heavy atom. The third-order valence-corrected chi connectivity index (χ3v) is 5.68. The Kier molecular flexibility index (Phi) is 5.93. The lowest BCUT2D eigenvalue weighted by atomic mass is 10.0. The van der Waals surface area contributed by atoms with Crippen LogP contribution in [-0.4, -0.2) is 33.4 Å². The summed E-state index contributed by atoms with van der Waals surface area (Å²) in [6.07, 6.45) is 0. The van der Waals surface area contributed by atoms with Crippen molar-refractivity contribution in [1.82, 2.24) is 9.62 Å². The molecule has 0 aromatic heterocycles. The van der Waals surface area contributed by atoms with E-state index in [4.69, 9.17) is 0 Å². The number of nitrogens with zero attached hydrogens (tertiary/aromatic N) is 1. The van der Waals surface area contributed by atoms with Gasteiger partial charge in [0.05, 0.1) is 4.90 Å². The lowest BCUT2D eigenvalue weighted by molar-refractivity contribution is 0.520. The molecule has 0 spiro atoms. The molecule has 0 fully saturated rings. The van der Waals surface area contributed by atoms with Gasteiger partial charge in [-0.15, -0.1) is 0 Å². The van der Waals surface area contributed by atoms with Gasteiger partial charge < -0.3 is 5.32 Å². The fourth-order valence-electron chi connectivity index (χ4n) is 2.32. The molecule has 4 nitrogen and oxygen atoms in total. The van der Waals surface area contributed by atoms with Crippen LogP contribution in [0.3, 0.4) is 0 Å². The highest BCUT2D eigenvalue weighted by Crippen LogP contribution is 2.15. The summed E-state index contributed by atoms with van der Waals surface area (Å²) in [4.78, 5) is 0.323. The number of hydrogen-bond donors (Lipinski definition) is 1. The van der Waals surface area contributed by atoms with Crippen LogP contribution in [0.1, 0.15) is 24.0 Å². The molecular weight excluding hydrogens is 308 g/mol. The van der Waals surface area contributed by atoms with E-state index in [0.717, 1.165) is 18.7 Å². The summed E-state index contributed by atoms with van der Waals surface area (Å²) in [6, 6.07) is 17.4. The monoisotopic (exact) mass is 332 g/mol. The van der Waals surface area contributed by atoms with E-state index in [0.29, 0.717) is 10.8 Å². The van der Waals surface area contributed by atoms with Crippen molar-refractivity contribution in [2.24, 2.45) is 0 Å². The van der Waals surface area contributed by atoms with Crippen LogP contribution in [0.4, 0.5) is 0 Å². The largest absolute Gasteiger partial charge is 0.312 e. The van der Waals surface area contributed by atoms with Crippen molar-refractivity contribution < 1.29 is 8.42 Å². The Hall–Kier alpha value is -1.69. The average molecular weight is 332 g/mol. The summed E-state index contributed by atoms with van der Waals surface area (Å²) in [5, 5.41) is 3.42. The Morgan fingerprint density at radius 3 is 2.17 bits per heavy atom. The van der Waals surface area contributed by atoms with Gasteiger partial charge in [-0.05, 0) is 29.2 Å². The molecule has 0 saturated carbocycles. The molecule has 0 aliphatic carbocycles. The fourth-order valence-corrected chi connectivity index (χ4v) is 3.22. The van der Waals surface area contributed by atoms with Gasteiger partial charge in [0.2, 0.25) is 10.0 Å². The SMILES string of the molecule is CC(CNCc1ccc(S(=O)(=O)N(C)C)cc1)c1ccccc1. The molecule has 2 rings (SSSR count). The van der Waals surface area contributed by atoms with E-state index < -0.39 is 10.0 Å². The number of sulfonamides is 1. The molecule has 0 heterocycles. The summed E-state index contributed by atoms with van der Waals surface area (Å²) < 4.78 is 25.3. The smallest absolute Gasteiger partial charge is 0.242 e. The first-order valence-electron chi connectivity index (χ1n) is 7.68. The molecule has 2 aromatic rings. The van der Waals surface area contributed by atoms with E-state index in [2.05, 4.69) is 36.5 Å². The minimum Gasteiger partial charge on any atom is -0.312 e. The molecule has 5 heteroatoms. The Morgan fingerprint density at radius 2 is 1.61 bits per heavy atom. The zero-order chi connectivity index (χ0) is 16.9. The second-order valence-corrected chi connectivity index (χ2v) is 8.03. The predicted molar refractivity (Wildman–Crippen MR) is 93.9 cm³/mol. The molecule has 0 aliphatic rings. The van der Waals surface area contributed by atoms with Crippen molar-refractivity contribution in [3.8, 4) is 0 Å². The molecular formula is C18H24N2O2S. The van der Waals surface area contributed by atoms with Crippen LogP contribution in [0.2, 0.25) is 0 Å². The normalized spacial score (nSPS) is 13.2. The first-order valence-corrected chi connectivity index (χ1v) is 9.12. The molecule has 124 valence electrons. The molecule has 0 bridgehead atoms. The summed E-state index contributed by atoms with van der Waals surface area (Å²) in [7, 11) is -0.276. The highest BCUT2D eigenvalue weighted by atomic mass is 32.2. The maximum absolute atomic E-state index is 12.0.